The maximum absolute atomic E-state index is 11.1. The number of hydrogen-bond acceptors (Lipinski definition) is 4. The van der Waals surface area contributed by atoms with Gasteiger partial charge in [0.2, 0.25) is 0 Å². The number of nitrogens with one attached hydrogen (secondary N) is 1. The summed E-state index contributed by atoms with van der Waals surface area (Å²) >= 11 is 0. The van der Waals surface area contributed by atoms with E-state index in [0.717, 1.165) is 5.71 Å². The third-order valence-electron chi connectivity index (χ3n) is 2.82. The second-order valence-corrected chi connectivity index (χ2v) is 6.49. The van der Waals surface area contributed by atoms with Gasteiger partial charge in [-0.25, -0.2) is 8.42 Å². The van der Waals surface area contributed by atoms with Crippen LogP contribution in [0.3, 0.4) is 0 Å². The minimum atomic E-state index is -2.78. The van der Waals surface area contributed by atoms with E-state index in [1.165, 1.54) is 12.8 Å². The van der Waals surface area contributed by atoms with E-state index in [-0.39, 0.29) is 11.8 Å². The molecule has 0 unspecified atom stereocenters. The van der Waals surface area contributed by atoms with E-state index < -0.39 is 9.84 Å². The van der Waals surface area contributed by atoms with Gasteiger partial charge in [0.05, 0.1) is 17.5 Å². The largest absolute Gasteiger partial charge is 0.306 e. The van der Waals surface area contributed by atoms with Crippen molar-refractivity contribution in [1.29, 1.82) is 0 Å². The molecule has 0 aromatic heterocycles. The molecule has 14 heavy (non-hydrogen) atoms. The van der Waals surface area contributed by atoms with Crippen molar-refractivity contribution in [2.24, 2.45) is 11.0 Å². The van der Waals surface area contributed by atoms with Gasteiger partial charge >= 0.3 is 0 Å². The molecule has 1 aliphatic carbocycles. The molecular formula is C9H16N2O2S. The smallest absolute Gasteiger partial charge is 0.152 e. The van der Waals surface area contributed by atoms with Gasteiger partial charge in [0.25, 0.3) is 0 Å². The summed E-state index contributed by atoms with van der Waals surface area (Å²) in [7, 11) is -2.78. The summed E-state index contributed by atoms with van der Waals surface area (Å²) in [6.07, 6.45) is 3.17. The molecule has 1 aliphatic heterocycles. The summed E-state index contributed by atoms with van der Waals surface area (Å²) in [4.78, 5) is 0. The summed E-state index contributed by atoms with van der Waals surface area (Å²) < 4.78 is 22.3. The number of hydrazone groups is 1. The topological polar surface area (TPSA) is 58.5 Å². The predicted octanol–water partition coefficient (Wildman–Crippen LogP) is 0.549. The number of hydrogen-bond donors (Lipinski definition) is 1. The zero-order valence-electron chi connectivity index (χ0n) is 8.36. The molecular weight excluding hydrogens is 200 g/mol. The van der Waals surface area contributed by atoms with Crippen molar-refractivity contribution >= 4 is 15.5 Å². The second-order valence-electron chi connectivity index (χ2n) is 4.26. The highest BCUT2D eigenvalue weighted by molar-refractivity contribution is 7.91. The fourth-order valence-corrected chi connectivity index (χ4v) is 3.35. The van der Waals surface area contributed by atoms with Gasteiger partial charge in [-0.05, 0) is 32.1 Å². The van der Waals surface area contributed by atoms with Gasteiger partial charge in [0, 0.05) is 5.71 Å². The SMILES string of the molecule is C/C(=N\N[C@H]1CCS(=O)(=O)C1)C1CC1. The maximum Gasteiger partial charge on any atom is 0.152 e. The molecule has 0 aromatic rings. The van der Waals surface area contributed by atoms with Crippen LogP contribution in [0.5, 0.6) is 0 Å². The molecule has 80 valence electrons. The van der Waals surface area contributed by atoms with Crippen molar-refractivity contribution < 1.29 is 8.42 Å². The van der Waals surface area contributed by atoms with Crippen molar-refractivity contribution in [3.05, 3.63) is 0 Å². The van der Waals surface area contributed by atoms with Crippen molar-refractivity contribution in [2.75, 3.05) is 11.5 Å². The third-order valence-corrected chi connectivity index (χ3v) is 4.59. The maximum atomic E-state index is 11.1. The van der Waals surface area contributed by atoms with Gasteiger partial charge in [-0.3, -0.25) is 0 Å². The monoisotopic (exact) mass is 216 g/mol. The molecule has 1 N–H and O–H groups in total. The summed E-state index contributed by atoms with van der Waals surface area (Å²) in [5, 5.41) is 4.24. The van der Waals surface area contributed by atoms with E-state index >= 15 is 0 Å². The highest BCUT2D eigenvalue weighted by Gasteiger charge is 2.28. The Hall–Kier alpha value is -0.580. The zero-order valence-corrected chi connectivity index (χ0v) is 9.18. The minimum absolute atomic E-state index is 0.0358. The molecule has 1 atom stereocenters. The third kappa shape index (κ3) is 2.47. The lowest BCUT2D eigenvalue weighted by molar-refractivity contribution is 0.575. The van der Waals surface area contributed by atoms with Crippen LogP contribution >= 0.6 is 0 Å². The zero-order chi connectivity index (χ0) is 10.2. The number of nitrogens with zero attached hydrogens (tertiary/aromatic N) is 1. The van der Waals surface area contributed by atoms with E-state index in [0.29, 0.717) is 18.1 Å². The van der Waals surface area contributed by atoms with Gasteiger partial charge in [-0.15, -0.1) is 0 Å². The molecule has 1 saturated carbocycles. The van der Waals surface area contributed by atoms with E-state index in [4.69, 9.17) is 0 Å². The molecule has 2 aliphatic rings. The van der Waals surface area contributed by atoms with E-state index in [2.05, 4.69) is 10.5 Å². The molecule has 4 nitrogen and oxygen atoms in total. The molecule has 0 spiro atoms. The summed E-state index contributed by atoms with van der Waals surface area (Å²) in [5.41, 5.74) is 4.09. The Labute approximate surface area is 84.7 Å². The van der Waals surface area contributed by atoms with Crippen LogP contribution in [-0.4, -0.2) is 31.7 Å². The highest BCUT2D eigenvalue weighted by Crippen LogP contribution is 2.30. The fourth-order valence-electron chi connectivity index (χ4n) is 1.68. The number of sulfone groups is 1. The Balaban J connectivity index is 1.84. The van der Waals surface area contributed by atoms with Gasteiger partial charge in [-0.1, -0.05) is 0 Å². The lowest BCUT2D eigenvalue weighted by atomic mass is 10.3. The van der Waals surface area contributed by atoms with E-state index in [9.17, 15) is 8.42 Å². The first-order chi connectivity index (χ1) is 6.57. The van der Waals surface area contributed by atoms with E-state index in [1.54, 1.807) is 0 Å². The van der Waals surface area contributed by atoms with Crippen LogP contribution in [0.2, 0.25) is 0 Å². The first kappa shape index (κ1) is 9.96. The summed E-state index contributed by atoms with van der Waals surface area (Å²) in [5.74, 6) is 1.21. The standard InChI is InChI=1S/C9H16N2O2S/c1-7(8-2-3-8)10-11-9-4-5-14(12,13)6-9/h8-9,11H,2-6H2,1H3/b10-7+/t9-/m0/s1. The summed E-state index contributed by atoms with van der Waals surface area (Å²) in [6.45, 7) is 2.01. The molecule has 0 bridgehead atoms. The minimum Gasteiger partial charge on any atom is -0.306 e. The van der Waals surface area contributed by atoms with Gasteiger partial charge in [0.15, 0.2) is 9.84 Å². The van der Waals surface area contributed by atoms with Gasteiger partial charge in [0.1, 0.15) is 0 Å². The van der Waals surface area contributed by atoms with Crippen molar-refractivity contribution in [3.63, 3.8) is 0 Å². The van der Waals surface area contributed by atoms with Crippen LogP contribution < -0.4 is 5.43 Å². The Morgan fingerprint density at radius 1 is 1.36 bits per heavy atom. The van der Waals surface area contributed by atoms with Gasteiger partial charge < -0.3 is 5.43 Å². The number of rotatable bonds is 3. The van der Waals surface area contributed by atoms with Gasteiger partial charge in [-0.2, -0.15) is 5.10 Å². The molecule has 1 heterocycles. The molecule has 1 saturated heterocycles. The lowest BCUT2D eigenvalue weighted by Gasteiger charge is -2.07. The van der Waals surface area contributed by atoms with Crippen LogP contribution in [0.1, 0.15) is 26.2 Å². The summed E-state index contributed by atoms with van der Waals surface area (Å²) in [6, 6.07) is 0.0358. The van der Waals surface area contributed by atoms with Crippen LogP contribution in [-0.2, 0) is 9.84 Å². The normalized spacial score (nSPS) is 31.8. The fraction of sp³-hybridized carbons (Fsp3) is 0.889. The highest BCUT2D eigenvalue weighted by atomic mass is 32.2. The molecule has 5 heteroatoms. The van der Waals surface area contributed by atoms with Crippen molar-refractivity contribution in [1.82, 2.24) is 5.43 Å². The lowest BCUT2D eigenvalue weighted by Crippen LogP contribution is -2.26. The van der Waals surface area contributed by atoms with Crippen LogP contribution in [0, 0.1) is 5.92 Å². The molecule has 0 amide bonds. The van der Waals surface area contributed by atoms with E-state index in [1.807, 2.05) is 6.92 Å². The molecule has 0 aromatic carbocycles. The predicted molar refractivity (Wildman–Crippen MR) is 56.0 cm³/mol. The Kier molecular flexibility index (Phi) is 2.51. The van der Waals surface area contributed by atoms with Crippen molar-refractivity contribution in [3.8, 4) is 0 Å². The molecule has 2 fully saturated rings. The Bertz CT molecular complexity index is 344. The van der Waals surface area contributed by atoms with Crippen LogP contribution in [0.15, 0.2) is 5.10 Å². The van der Waals surface area contributed by atoms with Crippen molar-refractivity contribution in [2.45, 2.75) is 32.2 Å². The average Bonchev–Trinajstić information content (AvgIpc) is 2.88. The van der Waals surface area contributed by atoms with Crippen LogP contribution in [0.4, 0.5) is 0 Å². The Morgan fingerprint density at radius 3 is 2.57 bits per heavy atom. The second kappa shape index (κ2) is 3.53. The quantitative estimate of drug-likeness (QED) is 0.553. The first-order valence-corrected chi connectivity index (χ1v) is 6.89. The van der Waals surface area contributed by atoms with Crippen LogP contribution in [0.25, 0.3) is 0 Å². The Morgan fingerprint density at radius 2 is 2.07 bits per heavy atom. The average molecular weight is 216 g/mol. The molecule has 2 rings (SSSR count). The molecule has 0 radical (unpaired) electrons. The first-order valence-electron chi connectivity index (χ1n) is 5.07.